The summed E-state index contributed by atoms with van der Waals surface area (Å²) in [5, 5.41) is 0. The van der Waals surface area contributed by atoms with Crippen LogP contribution >= 0.6 is 0 Å². The maximum absolute atomic E-state index is 12.9. The fourth-order valence-electron chi connectivity index (χ4n) is 3.97. The lowest BCUT2D eigenvalue weighted by atomic mass is 9.93. The van der Waals surface area contributed by atoms with Gasteiger partial charge >= 0.3 is 0 Å². The molecule has 3 nitrogen and oxygen atoms in total. The van der Waals surface area contributed by atoms with Crippen molar-refractivity contribution >= 4 is 11.6 Å². The minimum atomic E-state index is 0.190. The number of anilines is 1. The van der Waals surface area contributed by atoms with Crippen molar-refractivity contribution in [3.8, 4) is 0 Å². The summed E-state index contributed by atoms with van der Waals surface area (Å²) in [7, 11) is 0. The Kier molecular flexibility index (Phi) is 4.24. The molecule has 1 saturated heterocycles. The average molecular weight is 320 g/mol. The van der Waals surface area contributed by atoms with Gasteiger partial charge in [0.1, 0.15) is 0 Å². The van der Waals surface area contributed by atoms with E-state index >= 15 is 0 Å². The summed E-state index contributed by atoms with van der Waals surface area (Å²) in [5.41, 5.74) is 3.99. The van der Waals surface area contributed by atoms with Crippen molar-refractivity contribution in [3.63, 3.8) is 0 Å². The molecule has 0 unspecified atom stereocenters. The molecule has 124 valence electrons. The van der Waals surface area contributed by atoms with Gasteiger partial charge in [-0.05, 0) is 42.5 Å². The Hall–Kier alpha value is -2.29. The molecular weight excluding hydrogens is 296 g/mol. The van der Waals surface area contributed by atoms with Gasteiger partial charge < -0.3 is 9.80 Å². The number of benzene rings is 2. The van der Waals surface area contributed by atoms with Crippen LogP contribution in [0.4, 0.5) is 5.69 Å². The van der Waals surface area contributed by atoms with E-state index < -0.39 is 0 Å². The van der Waals surface area contributed by atoms with Crippen LogP contribution in [0, 0.1) is 5.92 Å². The van der Waals surface area contributed by atoms with Crippen molar-refractivity contribution in [2.45, 2.75) is 25.8 Å². The summed E-state index contributed by atoms with van der Waals surface area (Å²) in [6.07, 6.45) is 2.92. The molecule has 0 aliphatic carbocycles. The van der Waals surface area contributed by atoms with Crippen LogP contribution in [0.3, 0.4) is 0 Å². The first-order chi connectivity index (χ1) is 11.8. The van der Waals surface area contributed by atoms with E-state index in [-0.39, 0.29) is 5.92 Å². The number of fused-ring (bicyclic) bond motifs is 1. The minimum absolute atomic E-state index is 0.190. The van der Waals surface area contributed by atoms with E-state index in [0.717, 1.165) is 45.4 Å². The molecule has 0 N–H and O–H groups in total. The first-order valence-corrected chi connectivity index (χ1v) is 8.97. The quantitative estimate of drug-likeness (QED) is 0.846. The molecule has 2 aliphatic rings. The maximum Gasteiger partial charge on any atom is 0.226 e. The first kappa shape index (κ1) is 15.3. The Morgan fingerprint density at radius 3 is 2.25 bits per heavy atom. The summed E-state index contributed by atoms with van der Waals surface area (Å²) in [6.45, 7) is 3.61. The third-order valence-electron chi connectivity index (χ3n) is 5.41. The van der Waals surface area contributed by atoms with Gasteiger partial charge in [0.25, 0.3) is 0 Å². The zero-order chi connectivity index (χ0) is 16.4. The van der Waals surface area contributed by atoms with Crippen LogP contribution in [-0.2, 0) is 17.8 Å². The van der Waals surface area contributed by atoms with Crippen LogP contribution in [0.5, 0.6) is 0 Å². The van der Waals surface area contributed by atoms with Crippen molar-refractivity contribution < 1.29 is 4.79 Å². The molecule has 2 aromatic rings. The highest BCUT2D eigenvalue weighted by Gasteiger charge is 2.30. The monoisotopic (exact) mass is 320 g/mol. The molecule has 3 heteroatoms. The summed E-state index contributed by atoms with van der Waals surface area (Å²) in [6, 6.07) is 19.0. The number of piperidine rings is 1. The van der Waals surface area contributed by atoms with Gasteiger partial charge in [-0.1, -0.05) is 42.5 Å². The number of nitrogens with zero attached hydrogens (tertiary/aromatic N) is 2. The zero-order valence-electron chi connectivity index (χ0n) is 14.0. The lowest BCUT2D eigenvalue weighted by molar-refractivity contribution is -0.137. The topological polar surface area (TPSA) is 23.6 Å². The highest BCUT2D eigenvalue weighted by Crippen LogP contribution is 2.26. The number of rotatable bonds is 2. The zero-order valence-corrected chi connectivity index (χ0v) is 14.0. The largest absolute Gasteiger partial charge is 0.371 e. The fourth-order valence-corrected chi connectivity index (χ4v) is 3.97. The van der Waals surface area contributed by atoms with Crippen LogP contribution in [-0.4, -0.2) is 30.4 Å². The predicted molar refractivity (Wildman–Crippen MR) is 96.9 cm³/mol. The fraction of sp³-hybridized carbons (Fsp3) is 0.381. The van der Waals surface area contributed by atoms with Crippen LogP contribution in [0.25, 0.3) is 0 Å². The van der Waals surface area contributed by atoms with E-state index in [0.29, 0.717) is 5.91 Å². The Bertz CT molecular complexity index is 705. The van der Waals surface area contributed by atoms with Gasteiger partial charge in [0.15, 0.2) is 0 Å². The Morgan fingerprint density at radius 2 is 1.50 bits per heavy atom. The van der Waals surface area contributed by atoms with Crippen molar-refractivity contribution in [3.05, 3.63) is 65.7 Å². The smallest absolute Gasteiger partial charge is 0.226 e. The molecule has 0 spiro atoms. The van der Waals surface area contributed by atoms with Crippen LogP contribution in [0.15, 0.2) is 54.6 Å². The molecule has 2 aliphatic heterocycles. The lowest BCUT2D eigenvalue weighted by Gasteiger charge is -2.37. The van der Waals surface area contributed by atoms with E-state index in [2.05, 4.69) is 58.3 Å². The molecule has 2 heterocycles. The molecule has 0 radical (unpaired) electrons. The summed E-state index contributed by atoms with van der Waals surface area (Å²) < 4.78 is 0. The normalized spacial score (nSPS) is 18.3. The Morgan fingerprint density at radius 1 is 0.833 bits per heavy atom. The molecular formula is C21H24N2O. The third-order valence-corrected chi connectivity index (χ3v) is 5.41. The van der Waals surface area contributed by atoms with Gasteiger partial charge in [-0.2, -0.15) is 0 Å². The standard InChI is InChI=1S/C21H24N2O/c24-21(23-15-10-17-6-4-5-7-19(17)16-23)18-11-13-22(14-12-18)20-8-2-1-3-9-20/h1-9,18H,10-16H2. The summed E-state index contributed by atoms with van der Waals surface area (Å²) in [5.74, 6) is 0.549. The van der Waals surface area contributed by atoms with Crippen LogP contribution < -0.4 is 4.90 Å². The lowest BCUT2D eigenvalue weighted by Crippen LogP contribution is -2.44. The number of carbonyl (C=O) groups excluding carboxylic acids is 1. The van der Waals surface area contributed by atoms with Crippen molar-refractivity contribution in [2.75, 3.05) is 24.5 Å². The van der Waals surface area contributed by atoms with E-state index in [1.54, 1.807) is 0 Å². The van der Waals surface area contributed by atoms with Crippen molar-refractivity contribution in [1.82, 2.24) is 4.90 Å². The van der Waals surface area contributed by atoms with Gasteiger partial charge in [-0.25, -0.2) is 0 Å². The van der Waals surface area contributed by atoms with E-state index in [9.17, 15) is 4.79 Å². The Balaban J connectivity index is 1.37. The number of hydrogen-bond acceptors (Lipinski definition) is 2. The SMILES string of the molecule is O=C(C1CCN(c2ccccc2)CC1)N1CCc2ccccc2C1. The Labute approximate surface area is 143 Å². The number of hydrogen-bond donors (Lipinski definition) is 0. The molecule has 1 fully saturated rings. The molecule has 0 bridgehead atoms. The molecule has 4 rings (SSSR count). The maximum atomic E-state index is 12.9. The average Bonchev–Trinajstić information content (AvgIpc) is 2.68. The second-order valence-electron chi connectivity index (χ2n) is 6.88. The van der Waals surface area contributed by atoms with Gasteiger partial charge in [0.2, 0.25) is 5.91 Å². The summed E-state index contributed by atoms with van der Waals surface area (Å²) in [4.78, 5) is 17.4. The van der Waals surface area contributed by atoms with E-state index in [1.807, 2.05) is 6.07 Å². The molecule has 24 heavy (non-hydrogen) atoms. The highest BCUT2D eigenvalue weighted by molar-refractivity contribution is 5.79. The number of amides is 1. The number of carbonyl (C=O) groups is 1. The number of para-hydroxylation sites is 1. The molecule has 2 aromatic carbocycles. The third kappa shape index (κ3) is 3.03. The second-order valence-corrected chi connectivity index (χ2v) is 6.88. The predicted octanol–water partition coefficient (Wildman–Crippen LogP) is 3.49. The molecule has 0 atom stereocenters. The molecule has 0 saturated carbocycles. The second kappa shape index (κ2) is 6.68. The van der Waals surface area contributed by atoms with Gasteiger partial charge in [-0.15, -0.1) is 0 Å². The molecule has 0 aromatic heterocycles. The van der Waals surface area contributed by atoms with Crippen molar-refractivity contribution in [1.29, 1.82) is 0 Å². The summed E-state index contributed by atoms with van der Waals surface area (Å²) >= 11 is 0. The van der Waals surface area contributed by atoms with E-state index in [1.165, 1.54) is 16.8 Å². The van der Waals surface area contributed by atoms with Crippen LogP contribution in [0.2, 0.25) is 0 Å². The van der Waals surface area contributed by atoms with Gasteiger partial charge in [0.05, 0.1) is 0 Å². The first-order valence-electron chi connectivity index (χ1n) is 8.97. The van der Waals surface area contributed by atoms with Crippen LogP contribution in [0.1, 0.15) is 24.0 Å². The van der Waals surface area contributed by atoms with Crippen molar-refractivity contribution in [2.24, 2.45) is 5.92 Å². The minimum Gasteiger partial charge on any atom is -0.371 e. The molecule has 1 amide bonds. The highest BCUT2D eigenvalue weighted by atomic mass is 16.2. The van der Waals surface area contributed by atoms with Gasteiger partial charge in [0, 0.05) is 37.8 Å². The van der Waals surface area contributed by atoms with Gasteiger partial charge in [-0.3, -0.25) is 4.79 Å². The van der Waals surface area contributed by atoms with E-state index in [4.69, 9.17) is 0 Å².